The molecule has 0 saturated carbocycles. The van der Waals surface area contributed by atoms with E-state index < -0.39 is 0 Å². The SMILES string of the molecule is CSc1ccc(C(CO)c2ccccc2)cc1. The van der Waals surface area contributed by atoms with Gasteiger partial charge < -0.3 is 5.11 Å². The Balaban J connectivity index is 2.29. The second-order valence-electron chi connectivity index (χ2n) is 3.92. The molecule has 2 rings (SSSR count). The van der Waals surface area contributed by atoms with Gasteiger partial charge in [0.2, 0.25) is 0 Å². The van der Waals surface area contributed by atoms with E-state index in [9.17, 15) is 5.11 Å². The van der Waals surface area contributed by atoms with Crippen LogP contribution in [-0.2, 0) is 0 Å². The zero-order valence-electron chi connectivity index (χ0n) is 9.84. The molecule has 0 heterocycles. The van der Waals surface area contributed by atoms with Crippen LogP contribution in [0.4, 0.5) is 0 Å². The fourth-order valence-electron chi connectivity index (χ4n) is 1.92. The van der Waals surface area contributed by atoms with Crippen LogP contribution in [0.25, 0.3) is 0 Å². The first kappa shape index (κ1) is 12.2. The van der Waals surface area contributed by atoms with Gasteiger partial charge in [-0.25, -0.2) is 0 Å². The lowest BCUT2D eigenvalue weighted by molar-refractivity contribution is 0.280. The Hall–Kier alpha value is -1.25. The molecule has 2 heteroatoms. The lowest BCUT2D eigenvalue weighted by Crippen LogP contribution is -2.05. The van der Waals surface area contributed by atoms with Gasteiger partial charge in [0.1, 0.15) is 0 Å². The molecule has 1 atom stereocenters. The molecule has 0 spiro atoms. The second-order valence-corrected chi connectivity index (χ2v) is 4.80. The molecule has 0 aromatic heterocycles. The van der Waals surface area contributed by atoms with E-state index in [1.807, 2.05) is 18.2 Å². The van der Waals surface area contributed by atoms with Crippen molar-refractivity contribution in [1.29, 1.82) is 0 Å². The van der Waals surface area contributed by atoms with Gasteiger partial charge >= 0.3 is 0 Å². The van der Waals surface area contributed by atoms with Crippen LogP contribution in [-0.4, -0.2) is 18.0 Å². The fraction of sp³-hybridized carbons (Fsp3) is 0.200. The third-order valence-electron chi connectivity index (χ3n) is 2.90. The zero-order valence-corrected chi connectivity index (χ0v) is 10.7. The normalized spacial score (nSPS) is 12.4. The summed E-state index contributed by atoms with van der Waals surface area (Å²) in [5.41, 5.74) is 2.32. The monoisotopic (exact) mass is 244 g/mol. The van der Waals surface area contributed by atoms with E-state index >= 15 is 0 Å². The van der Waals surface area contributed by atoms with Gasteiger partial charge in [-0.05, 0) is 29.5 Å². The zero-order chi connectivity index (χ0) is 12.1. The van der Waals surface area contributed by atoms with Crippen molar-refractivity contribution in [3.05, 3.63) is 65.7 Å². The summed E-state index contributed by atoms with van der Waals surface area (Å²) in [7, 11) is 0. The third kappa shape index (κ3) is 2.90. The highest BCUT2D eigenvalue weighted by molar-refractivity contribution is 7.98. The maximum Gasteiger partial charge on any atom is 0.0540 e. The molecular weight excluding hydrogens is 228 g/mol. The van der Waals surface area contributed by atoms with Gasteiger partial charge in [-0.3, -0.25) is 0 Å². The van der Waals surface area contributed by atoms with Gasteiger partial charge in [0.25, 0.3) is 0 Å². The highest BCUT2D eigenvalue weighted by Crippen LogP contribution is 2.25. The molecule has 88 valence electrons. The molecule has 1 nitrogen and oxygen atoms in total. The summed E-state index contributed by atoms with van der Waals surface area (Å²) in [5, 5.41) is 9.55. The van der Waals surface area contributed by atoms with Crippen LogP contribution in [0.1, 0.15) is 17.0 Å². The summed E-state index contributed by atoms with van der Waals surface area (Å²) in [5.74, 6) is 0.0760. The summed E-state index contributed by atoms with van der Waals surface area (Å²) >= 11 is 1.73. The minimum Gasteiger partial charge on any atom is -0.395 e. The average Bonchev–Trinajstić information content (AvgIpc) is 2.42. The molecule has 2 aromatic carbocycles. The first-order chi connectivity index (χ1) is 8.35. The van der Waals surface area contributed by atoms with Gasteiger partial charge in [-0.1, -0.05) is 42.5 Å². The molecule has 0 amide bonds. The van der Waals surface area contributed by atoms with Crippen LogP contribution < -0.4 is 0 Å². The Bertz CT molecular complexity index is 450. The Morgan fingerprint density at radius 1 is 0.941 bits per heavy atom. The number of aliphatic hydroxyl groups excluding tert-OH is 1. The maximum absolute atomic E-state index is 9.55. The van der Waals surface area contributed by atoms with E-state index in [4.69, 9.17) is 0 Å². The molecule has 0 saturated heterocycles. The van der Waals surface area contributed by atoms with Crippen LogP contribution in [0.15, 0.2) is 59.5 Å². The molecule has 1 N–H and O–H groups in total. The minimum atomic E-state index is 0.0760. The van der Waals surface area contributed by atoms with Gasteiger partial charge in [0.15, 0.2) is 0 Å². The Kier molecular flexibility index (Phi) is 4.24. The van der Waals surface area contributed by atoms with Gasteiger partial charge in [0, 0.05) is 10.8 Å². The van der Waals surface area contributed by atoms with E-state index in [1.54, 1.807) is 11.8 Å². The molecule has 0 aliphatic carbocycles. The lowest BCUT2D eigenvalue weighted by Gasteiger charge is -2.15. The third-order valence-corrected chi connectivity index (χ3v) is 3.65. The number of rotatable bonds is 4. The molecule has 2 aromatic rings. The van der Waals surface area contributed by atoms with Crippen LogP contribution in [0.3, 0.4) is 0 Å². The number of aliphatic hydroxyl groups is 1. The van der Waals surface area contributed by atoms with E-state index in [0.29, 0.717) is 0 Å². The van der Waals surface area contributed by atoms with E-state index in [2.05, 4.69) is 42.7 Å². The molecule has 0 aliphatic heterocycles. The minimum absolute atomic E-state index is 0.0760. The van der Waals surface area contributed by atoms with Crippen LogP contribution >= 0.6 is 11.8 Å². The second kappa shape index (κ2) is 5.89. The van der Waals surface area contributed by atoms with Crippen molar-refractivity contribution in [2.45, 2.75) is 10.8 Å². The molecule has 1 unspecified atom stereocenters. The predicted molar refractivity (Wildman–Crippen MR) is 73.6 cm³/mol. The topological polar surface area (TPSA) is 20.2 Å². The van der Waals surface area contributed by atoms with Crippen molar-refractivity contribution in [3.8, 4) is 0 Å². The highest BCUT2D eigenvalue weighted by Gasteiger charge is 2.12. The van der Waals surface area contributed by atoms with Crippen LogP contribution in [0.5, 0.6) is 0 Å². The van der Waals surface area contributed by atoms with E-state index in [-0.39, 0.29) is 12.5 Å². The number of hydrogen-bond acceptors (Lipinski definition) is 2. The Morgan fingerprint density at radius 3 is 2.06 bits per heavy atom. The number of thioether (sulfide) groups is 1. The quantitative estimate of drug-likeness (QED) is 0.830. The number of benzene rings is 2. The van der Waals surface area contributed by atoms with Crippen molar-refractivity contribution in [1.82, 2.24) is 0 Å². The molecule has 17 heavy (non-hydrogen) atoms. The maximum atomic E-state index is 9.55. The van der Waals surface area contributed by atoms with E-state index in [1.165, 1.54) is 4.90 Å². The van der Waals surface area contributed by atoms with Crippen LogP contribution in [0, 0.1) is 0 Å². The van der Waals surface area contributed by atoms with Crippen LogP contribution in [0.2, 0.25) is 0 Å². The number of hydrogen-bond donors (Lipinski definition) is 1. The summed E-state index contributed by atoms with van der Waals surface area (Å²) in [4.78, 5) is 1.25. The Labute approximate surface area is 107 Å². The first-order valence-electron chi connectivity index (χ1n) is 5.65. The summed E-state index contributed by atoms with van der Waals surface area (Å²) in [6, 6.07) is 18.5. The summed E-state index contributed by atoms with van der Waals surface area (Å²) < 4.78 is 0. The van der Waals surface area contributed by atoms with Crippen molar-refractivity contribution in [2.75, 3.05) is 12.9 Å². The Morgan fingerprint density at radius 2 is 1.53 bits per heavy atom. The van der Waals surface area contributed by atoms with Gasteiger partial charge in [-0.15, -0.1) is 11.8 Å². The summed E-state index contributed by atoms with van der Waals surface area (Å²) in [6.07, 6.45) is 2.07. The van der Waals surface area contributed by atoms with Gasteiger partial charge in [-0.2, -0.15) is 0 Å². The van der Waals surface area contributed by atoms with Crippen molar-refractivity contribution < 1.29 is 5.11 Å². The molecular formula is C15H16OS. The van der Waals surface area contributed by atoms with Crippen molar-refractivity contribution in [3.63, 3.8) is 0 Å². The lowest BCUT2D eigenvalue weighted by atomic mass is 9.92. The van der Waals surface area contributed by atoms with Crippen molar-refractivity contribution >= 4 is 11.8 Å². The molecule has 0 bridgehead atoms. The summed E-state index contributed by atoms with van der Waals surface area (Å²) in [6.45, 7) is 0.141. The molecule has 0 radical (unpaired) electrons. The highest BCUT2D eigenvalue weighted by atomic mass is 32.2. The predicted octanol–water partition coefficient (Wildman–Crippen LogP) is 3.53. The molecule has 0 aliphatic rings. The largest absolute Gasteiger partial charge is 0.395 e. The first-order valence-corrected chi connectivity index (χ1v) is 6.87. The average molecular weight is 244 g/mol. The molecule has 0 fully saturated rings. The fourth-order valence-corrected chi connectivity index (χ4v) is 2.33. The van der Waals surface area contributed by atoms with Crippen molar-refractivity contribution in [2.24, 2.45) is 0 Å². The standard InChI is InChI=1S/C15H16OS/c1-17-14-9-7-13(8-10-14)15(11-16)12-5-3-2-4-6-12/h2-10,15-16H,11H2,1H3. The van der Waals surface area contributed by atoms with E-state index in [0.717, 1.165) is 11.1 Å². The smallest absolute Gasteiger partial charge is 0.0540 e. The van der Waals surface area contributed by atoms with Gasteiger partial charge in [0.05, 0.1) is 6.61 Å².